The summed E-state index contributed by atoms with van der Waals surface area (Å²) in [5.74, 6) is 0.995. The van der Waals surface area contributed by atoms with Crippen LogP contribution in [0.4, 0.5) is 10.3 Å². The minimum Gasteiger partial charge on any atom is -0.380 e. The molecule has 2 aliphatic heterocycles. The van der Waals surface area contributed by atoms with Gasteiger partial charge in [-0.25, -0.2) is 9.37 Å². The number of halogens is 2. The first-order valence-corrected chi connectivity index (χ1v) is 16.6. The van der Waals surface area contributed by atoms with Crippen LogP contribution in [0.25, 0.3) is 11.0 Å². The van der Waals surface area contributed by atoms with Gasteiger partial charge in [0.1, 0.15) is 5.82 Å². The smallest absolute Gasteiger partial charge is 0.229 e. The average Bonchev–Trinajstić information content (AvgIpc) is 3.48. The fraction of sp³-hybridized carbons (Fsp3) is 0.459. The van der Waals surface area contributed by atoms with Gasteiger partial charge in [0.15, 0.2) is 0 Å². The Balaban J connectivity index is 0.00000417. The number of carbonyl (C=O) groups is 1. The predicted octanol–water partition coefficient (Wildman–Crippen LogP) is 6.76. The van der Waals surface area contributed by atoms with E-state index < -0.39 is 5.41 Å². The SMILES string of the molecule is CCOCCn1c(N2CCCN(CCC3(Cc4ccc(F)cc4)CCN([C@@H](C)c4ccccc4)C3=O)CC2)nc2ccccc21.Cl. The van der Waals surface area contributed by atoms with Crippen LogP contribution in [0, 0.1) is 11.2 Å². The van der Waals surface area contributed by atoms with Crippen molar-refractivity contribution in [3.63, 3.8) is 0 Å². The van der Waals surface area contributed by atoms with Gasteiger partial charge in [0.2, 0.25) is 11.9 Å². The van der Waals surface area contributed by atoms with Crippen molar-refractivity contribution < 1.29 is 13.9 Å². The van der Waals surface area contributed by atoms with E-state index in [4.69, 9.17) is 9.72 Å². The van der Waals surface area contributed by atoms with Crippen molar-refractivity contribution in [3.8, 4) is 0 Å². The lowest BCUT2D eigenvalue weighted by atomic mass is 9.77. The number of hydrogen-bond donors (Lipinski definition) is 0. The predicted molar refractivity (Wildman–Crippen MR) is 185 cm³/mol. The lowest BCUT2D eigenvalue weighted by Crippen LogP contribution is -2.41. The second-order valence-electron chi connectivity index (χ2n) is 12.6. The first kappa shape index (κ1) is 33.9. The fourth-order valence-corrected chi connectivity index (χ4v) is 7.20. The largest absolute Gasteiger partial charge is 0.380 e. The minimum absolute atomic E-state index is 0. The van der Waals surface area contributed by atoms with Gasteiger partial charge in [-0.3, -0.25) is 4.79 Å². The van der Waals surface area contributed by atoms with Gasteiger partial charge in [0.25, 0.3) is 0 Å². The highest BCUT2D eigenvalue weighted by Crippen LogP contribution is 2.42. The highest BCUT2D eigenvalue weighted by molar-refractivity contribution is 5.86. The molecule has 3 heterocycles. The number of aromatic nitrogens is 2. The monoisotopic (exact) mass is 647 g/mol. The molecule has 0 saturated carbocycles. The van der Waals surface area contributed by atoms with Gasteiger partial charge in [-0.05, 0) is 88.0 Å². The summed E-state index contributed by atoms with van der Waals surface area (Å²) in [5, 5.41) is 0. The van der Waals surface area contributed by atoms with Crippen LogP contribution in [0.1, 0.15) is 50.3 Å². The number of rotatable bonds is 12. The van der Waals surface area contributed by atoms with Gasteiger partial charge in [-0.2, -0.15) is 0 Å². The van der Waals surface area contributed by atoms with E-state index in [-0.39, 0.29) is 30.2 Å². The van der Waals surface area contributed by atoms with E-state index in [1.165, 1.54) is 12.1 Å². The Morgan fingerprint density at radius 3 is 2.46 bits per heavy atom. The maximum absolute atomic E-state index is 14.3. The van der Waals surface area contributed by atoms with E-state index in [1.807, 2.05) is 43.3 Å². The summed E-state index contributed by atoms with van der Waals surface area (Å²) in [6.45, 7) is 11.6. The molecular formula is C37H47ClFN5O2. The van der Waals surface area contributed by atoms with Crippen molar-refractivity contribution >= 4 is 35.3 Å². The van der Waals surface area contributed by atoms with E-state index in [0.29, 0.717) is 19.6 Å². The number of amides is 1. The molecule has 2 aliphatic rings. The van der Waals surface area contributed by atoms with Crippen molar-refractivity contribution in [1.82, 2.24) is 19.4 Å². The standard InChI is InChI=1S/C37H46FN5O2.ClH/c1-3-45-27-26-43-34-13-8-7-12-33(34)39-36(43)41-21-9-20-40(24-25-41)22-18-37(28-30-14-16-32(38)17-15-30)19-23-42(35(37)44)29(2)31-10-5-4-6-11-31;/h4-8,10-17,29H,3,9,18-28H2,1-2H3;1H/t29-,37?;/m0./s1. The van der Waals surface area contributed by atoms with Crippen LogP contribution >= 0.6 is 12.4 Å². The van der Waals surface area contributed by atoms with E-state index in [9.17, 15) is 9.18 Å². The van der Waals surface area contributed by atoms with Gasteiger partial charge < -0.3 is 24.0 Å². The molecule has 4 aromatic rings. The van der Waals surface area contributed by atoms with Gasteiger partial charge in [-0.15, -0.1) is 12.4 Å². The van der Waals surface area contributed by atoms with Crippen molar-refractivity contribution in [2.75, 3.05) is 57.4 Å². The second kappa shape index (κ2) is 15.4. The van der Waals surface area contributed by atoms with Crippen LogP contribution in [-0.4, -0.2) is 77.7 Å². The van der Waals surface area contributed by atoms with E-state index >= 15 is 0 Å². The Labute approximate surface area is 278 Å². The van der Waals surface area contributed by atoms with Crippen molar-refractivity contribution in [2.24, 2.45) is 5.41 Å². The summed E-state index contributed by atoms with van der Waals surface area (Å²) in [7, 11) is 0. The van der Waals surface area contributed by atoms with Crippen molar-refractivity contribution in [1.29, 1.82) is 0 Å². The van der Waals surface area contributed by atoms with Crippen molar-refractivity contribution in [2.45, 2.75) is 52.1 Å². The lowest BCUT2D eigenvalue weighted by Gasteiger charge is -2.33. The Morgan fingerprint density at radius 2 is 1.67 bits per heavy atom. The number of para-hydroxylation sites is 2. The first-order chi connectivity index (χ1) is 22.0. The zero-order valence-corrected chi connectivity index (χ0v) is 27.9. The van der Waals surface area contributed by atoms with Gasteiger partial charge in [-0.1, -0.05) is 54.6 Å². The number of hydrogen-bond acceptors (Lipinski definition) is 5. The molecule has 1 amide bonds. The molecule has 246 valence electrons. The zero-order chi connectivity index (χ0) is 31.2. The fourth-order valence-electron chi connectivity index (χ4n) is 7.20. The van der Waals surface area contributed by atoms with E-state index in [1.54, 1.807) is 0 Å². The molecule has 2 atom stereocenters. The first-order valence-electron chi connectivity index (χ1n) is 16.6. The third-order valence-corrected chi connectivity index (χ3v) is 9.83. The van der Waals surface area contributed by atoms with Crippen LogP contribution in [-0.2, 0) is 22.5 Å². The number of imidazole rings is 1. The number of carbonyl (C=O) groups excluding carboxylic acids is 1. The Kier molecular flexibility index (Phi) is 11.4. The third kappa shape index (κ3) is 7.40. The summed E-state index contributed by atoms with van der Waals surface area (Å²) in [4.78, 5) is 26.4. The molecule has 0 bridgehead atoms. The summed E-state index contributed by atoms with van der Waals surface area (Å²) >= 11 is 0. The van der Waals surface area contributed by atoms with E-state index in [0.717, 1.165) is 93.2 Å². The molecule has 1 aromatic heterocycles. The van der Waals surface area contributed by atoms with Crippen LogP contribution in [0.15, 0.2) is 78.9 Å². The maximum Gasteiger partial charge on any atom is 0.229 e. The molecular weight excluding hydrogens is 601 g/mol. The normalized spacial score (nSPS) is 19.8. The number of anilines is 1. The highest BCUT2D eigenvalue weighted by Gasteiger charge is 2.47. The summed E-state index contributed by atoms with van der Waals surface area (Å²) in [5.41, 5.74) is 3.84. The molecule has 46 heavy (non-hydrogen) atoms. The molecule has 6 rings (SSSR count). The van der Waals surface area contributed by atoms with Gasteiger partial charge in [0, 0.05) is 39.3 Å². The Bertz CT molecular complexity index is 1570. The lowest BCUT2D eigenvalue weighted by molar-refractivity contribution is -0.138. The summed E-state index contributed by atoms with van der Waals surface area (Å²) in [6.07, 6.45) is 3.26. The third-order valence-electron chi connectivity index (χ3n) is 9.83. The van der Waals surface area contributed by atoms with Crippen LogP contribution in [0.3, 0.4) is 0 Å². The molecule has 2 fully saturated rings. The average molecular weight is 648 g/mol. The highest BCUT2D eigenvalue weighted by atomic mass is 35.5. The summed E-state index contributed by atoms with van der Waals surface area (Å²) < 4.78 is 21.8. The molecule has 0 radical (unpaired) electrons. The number of likely N-dealkylation sites (tertiary alicyclic amines) is 1. The minimum atomic E-state index is -0.500. The van der Waals surface area contributed by atoms with Gasteiger partial charge in [0.05, 0.1) is 29.1 Å². The molecule has 2 saturated heterocycles. The molecule has 3 aromatic carbocycles. The van der Waals surface area contributed by atoms with E-state index in [2.05, 4.69) is 56.5 Å². The summed E-state index contributed by atoms with van der Waals surface area (Å²) in [6, 6.07) is 25.4. The van der Waals surface area contributed by atoms with Crippen molar-refractivity contribution in [3.05, 3.63) is 95.8 Å². The van der Waals surface area contributed by atoms with Crippen LogP contribution < -0.4 is 4.90 Å². The van der Waals surface area contributed by atoms with Gasteiger partial charge >= 0.3 is 0 Å². The molecule has 7 nitrogen and oxygen atoms in total. The maximum atomic E-state index is 14.3. The Morgan fingerprint density at radius 1 is 0.913 bits per heavy atom. The van der Waals surface area contributed by atoms with Crippen LogP contribution in [0.2, 0.25) is 0 Å². The molecule has 1 unspecified atom stereocenters. The number of benzene rings is 3. The zero-order valence-electron chi connectivity index (χ0n) is 27.1. The quantitative estimate of drug-likeness (QED) is 0.159. The molecule has 0 aliphatic carbocycles. The number of nitrogens with zero attached hydrogens (tertiary/aromatic N) is 5. The number of ether oxygens (including phenoxy) is 1. The van der Waals surface area contributed by atoms with Crippen LogP contribution in [0.5, 0.6) is 0 Å². The molecule has 0 N–H and O–H groups in total. The Hall–Kier alpha value is -3.46. The number of fused-ring (bicyclic) bond motifs is 1. The topological polar surface area (TPSA) is 53.8 Å². The second-order valence-corrected chi connectivity index (χ2v) is 12.6. The molecule has 0 spiro atoms. The molecule has 9 heteroatoms.